The van der Waals surface area contributed by atoms with E-state index in [1.807, 2.05) is 12.1 Å². The molecule has 24 heavy (non-hydrogen) atoms. The fraction of sp³-hybridized carbons (Fsp3) is 0.471. The maximum atomic E-state index is 12.2. The van der Waals surface area contributed by atoms with Crippen LogP contribution in [0.1, 0.15) is 49.5 Å². The normalized spacial score (nSPS) is 17.0. The summed E-state index contributed by atoms with van der Waals surface area (Å²) in [5.74, 6) is 2.12. The third kappa shape index (κ3) is 3.20. The first-order valence-electron chi connectivity index (χ1n) is 8.30. The average molecular weight is 329 g/mol. The summed E-state index contributed by atoms with van der Waals surface area (Å²) < 4.78 is 16.2. The molecule has 0 atom stereocenters. The van der Waals surface area contributed by atoms with Gasteiger partial charge in [0.25, 0.3) is 0 Å². The van der Waals surface area contributed by atoms with Crippen LogP contribution in [0, 0.1) is 0 Å². The van der Waals surface area contributed by atoms with E-state index in [1.165, 1.54) is 19.3 Å². The summed E-state index contributed by atoms with van der Waals surface area (Å²) in [4.78, 5) is 12.2. The number of amides is 1. The van der Waals surface area contributed by atoms with Crippen LogP contribution in [0.15, 0.2) is 22.6 Å². The van der Waals surface area contributed by atoms with Crippen molar-refractivity contribution in [3.63, 3.8) is 0 Å². The van der Waals surface area contributed by atoms with Crippen LogP contribution in [-0.4, -0.2) is 22.9 Å². The van der Waals surface area contributed by atoms with E-state index in [2.05, 4.69) is 15.5 Å². The second-order valence-corrected chi connectivity index (χ2v) is 6.19. The largest absolute Gasteiger partial charge is 0.454 e. The zero-order chi connectivity index (χ0) is 16.4. The van der Waals surface area contributed by atoms with Gasteiger partial charge in [0, 0.05) is 5.92 Å². The van der Waals surface area contributed by atoms with Crippen LogP contribution >= 0.6 is 0 Å². The van der Waals surface area contributed by atoms with Crippen molar-refractivity contribution in [2.24, 2.45) is 0 Å². The van der Waals surface area contributed by atoms with Crippen LogP contribution in [0.5, 0.6) is 11.5 Å². The van der Waals surface area contributed by atoms with Gasteiger partial charge in [0.15, 0.2) is 11.5 Å². The van der Waals surface area contributed by atoms with E-state index < -0.39 is 0 Å². The highest BCUT2D eigenvalue weighted by atomic mass is 16.7. The van der Waals surface area contributed by atoms with Crippen molar-refractivity contribution in [2.75, 3.05) is 12.1 Å². The first kappa shape index (κ1) is 15.0. The van der Waals surface area contributed by atoms with Gasteiger partial charge in [-0.1, -0.05) is 30.4 Å². The Balaban J connectivity index is 1.36. The highest BCUT2D eigenvalue weighted by molar-refractivity contribution is 5.90. The predicted molar refractivity (Wildman–Crippen MR) is 85.0 cm³/mol. The highest BCUT2D eigenvalue weighted by Crippen LogP contribution is 2.33. The second kappa shape index (κ2) is 6.51. The topological polar surface area (TPSA) is 86.5 Å². The minimum Gasteiger partial charge on any atom is -0.454 e. The first-order chi connectivity index (χ1) is 11.8. The van der Waals surface area contributed by atoms with Gasteiger partial charge in [0.1, 0.15) is 0 Å². The third-order valence-corrected chi connectivity index (χ3v) is 4.44. The molecule has 1 fully saturated rings. The van der Waals surface area contributed by atoms with Gasteiger partial charge in [0.05, 0.1) is 6.42 Å². The van der Waals surface area contributed by atoms with Crippen LogP contribution in [0.4, 0.5) is 6.01 Å². The maximum absolute atomic E-state index is 12.2. The predicted octanol–water partition coefficient (Wildman–Crippen LogP) is 3.03. The van der Waals surface area contributed by atoms with Gasteiger partial charge in [-0.2, -0.15) is 0 Å². The lowest BCUT2D eigenvalue weighted by atomic mass is 9.89. The lowest BCUT2D eigenvalue weighted by molar-refractivity contribution is -0.115. The Morgan fingerprint density at radius 1 is 1.12 bits per heavy atom. The molecule has 0 bridgehead atoms. The molecule has 2 aliphatic rings. The second-order valence-electron chi connectivity index (χ2n) is 6.19. The fourth-order valence-corrected chi connectivity index (χ4v) is 3.20. The lowest BCUT2D eigenvalue weighted by Crippen LogP contribution is -2.14. The first-order valence-corrected chi connectivity index (χ1v) is 8.30. The quantitative estimate of drug-likeness (QED) is 0.928. The van der Waals surface area contributed by atoms with Crippen molar-refractivity contribution >= 4 is 11.9 Å². The molecule has 0 saturated heterocycles. The molecule has 0 spiro atoms. The van der Waals surface area contributed by atoms with E-state index in [0.29, 0.717) is 23.3 Å². The Labute approximate surface area is 139 Å². The molecule has 1 aromatic heterocycles. The van der Waals surface area contributed by atoms with Gasteiger partial charge in [0.2, 0.25) is 18.6 Å². The number of anilines is 1. The Morgan fingerprint density at radius 2 is 1.96 bits per heavy atom. The third-order valence-electron chi connectivity index (χ3n) is 4.44. The molecule has 7 nitrogen and oxygen atoms in total. The molecular formula is C17H19N3O4. The number of carbonyl (C=O) groups is 1. The number of carbonyl (C=O) groups excluding carboxylic acids is 1. The van der Waals surface area contributed by atoms with Gasteiger partial charge in [-0.15, -0.1) is 5.10 Å². The molecule has 126 valence electrons. The lowest BCUT2D eigenvalue weighted by Gasteiger charge is -2.17. The van der Waals surface area contributed by atoms with Crippen molar-refractivity contribution < 1.29 is 18.7 Å². The summed E-state index contributed by atoms with van der Waals surface area (Å²) in [7, 11) is 0. The number of hydrogen-bond donors (Lipinski definition) is 1. The Hall–Kier alpha value is -2.57. The molecule has 2 aromatic rings. The number of fused-ring (bicyclic) bond motifs is 1. The van der Waals surface area contributed by atoms with Crippen LogP contribution in [0.25, 0.3) is 0 Å². The van der Waals surface area contributed by atoms with Crippen LogP contribution < -0.4 is 14.8 Å². The Kier molecular flexibility index (Phi) is 4.06. The van der Waals surface area contributed by atoms with Gasteiger partial charge in [-0.25, -0.2) is 0 Å². The Bertz CT molecular complexity index is 737. The average Bonchev–Trinajstić information content (AvgIpc) is 3.24. The van der Waals surface area contributed by atoms with Crippen molar-refractivity contribution in [3.05, 3.63) is 29.7 Å². The molecule has 0 radical (unpaired) electrons. The number of nitrogens with zero attached hydrogens (tertiary/aromatic N) is 2. The molecule has 1 N–H and O–H groups in total. The smallest absolute Gasteiger partial charge is 0.322 e. The van der Waals surface area contributed by atoms with Crippen LogP contribution in [-0.2, 0) is 11.2 Å². The van der Waals surface area contributed by atoms with E-state index in [9.17, 15) is 4.79 Å². The molecule has 1 saturated carbocycles. The highest BCUT2D eigenvalue weighted by Gasteiger charge is 2.22. The van der Waals surface area contributed by atoms with E-state index in [1.54, 1.807) is 6.07 Å². The van der Waals surface area contributed by atoms with Crippen LogP contribution in [0.2, 0.25) is 0 Å². The molecule has 0 unspecified atom stereocenters. The Morgan fingerprint density at radius 3 is 2.83 bits per heavy atom. The summed E-state index contributed by atoms with van der Waals surface area (Å²) in [6.07, 6.45) is 6.01. The standard InChI is InChI=1S/C17H19N3O4/c21-15(9-11-6-7-13-14(8-11)23-10-22-13)18-17-20-19-16(24-17)12-4-2-1-3-5-12/h6-8,12H,1-5,9-10H2,(H,18,20,21). The maximum Gasteiger partial charge on any atom is 0.322 e. The minimum atomic E-state index is -0.201. The monoisotopic (exact) mass is 329 g/mol. The molecule has 1 aliphatic carbocycles. The summed E-state index contributed by atoms with van der Waals surface area (Å²) in [6.45, 7) is 0.219. The van der Waals surface area contributed by atoms with E-state index >= 15 is 0 Å². The SMILES string of the molecule is O=C(Cc1ccc2c(c1)OCO2)Nc1nnc(C2CCCCC2)o1. The molecule has 2 heterocycles. The fourth-order valence-electron chi connectivity index (χ4n) is 3.20. The molecule has 1 amide bonds. The van der Waals surface area contributed by atoms with Gasteiger partial charge < -0.3 is 13.9 Å². The zero-order valence-corrected chi connectivity index (χ0v) is 13.3. The molecule has 1 aromatic carbocycles. The van der Waals surface area contributed by atoms with E-state index in [0.717, 1.165) is 18.4 Å². The number of benzene rings is 1. The molecule has 7 heteroatoms. The summed E-state index contributed by atoms with van der Waals surface area (Å²) >= 11 is 0. The molecular weight excluding hydrogens is 310 g/mol. The summed E-state index contributed by atoms with van der Waals surface area (Å²) in [6, 6.07) is 5.62. The van der Waals surface area contributed by atoms with Crippen molar-refractivity contribution in [2.45, 2.75) is 44.4 Å². The summed E-state index contributed by atoms with van der Waals surface area (Å²) in [5, 5.41) is 10.7. The molecule has 4 rings (SSSR count). The number of ether oxygens (including phenoxy) is 2. The van der Waals surface area contributed by atoms with Crippen molar-refractivity contribution in [3.8, 4) is 11.5 Å². The van der Waals surface area contributed by atoms with E-state index in [-0.39, 0.29) is 25.1 Å². The van der Waals surface area contributed by atoms with Gasteiger partial charge in [-0.05, 0) is 30.5 Å². The number of aromatic nitrogens is 2. The summed E-state index contributed by atoms with van der Waals surface area (Å²) in [5.41, 5.74) is 0.837. The van der Waals surface area contributed by atoms with Gasteiger partial charge >= 0.3 is 6.01 Å². The van der Waals surface area contributed by atoms with Crippen molar-refractivity contribution in [1.82, 2.24) is 10.2 Å². The van der Waals surface area contributed by atoms with Crippen molar-refractivity contribution in [1.29, 1.82) is 0 Å². The number of nitrogens with one attached hydrogen (secondary N) is 1. The van der Waals surface area contributed by atoms with Crippen LogP contribution in [0.3, 0.4) is 0 Å². The molecule has 1 aliphatic heterocycles. The zero-order valence-electron chi connectivity index (χ0n) is 13.3. The number of rotatable bonds is 4. The minimum absolute atomic E-state index is 0.168. The number of hydrogen-bond acceptors (Lipinski definition) is 6. The van der Waals surface area contributed by atoms with Gasteiger partial charge in [-0.3, -0.25) is 10.1 Å². The van der Waals surface area contributed by atoms with E-state index in [4.69, 9.17) is 13.9 Å².